The number of nitrogen functional groups attached to an aromatic ring is 1. The molecule has 0 fully saturated rings. The fourth-order valence-electron chi connectivity index (χ4n) is 0.942. The maximum atomic E-state index is 11.7. The van der Waals surface area contributed by atoms with E-state index in [-0.39, 0.29) is 18.9 Å². The second kappa shape index (κ2) is 7.23. The topological polar surface area (TPSA) is 86.8 Å². The maximum Gasteiger partial charge on any atom is 0.363 e. The molecule has 18 heavy (non-hydrogen) atoms. The highest BCUT2D eigenvalue weighted by Crippen LogP contribution is 2.13. The number of hydrogen-bond acceptors (Lipinski definition) is 7. The quantitative estimate of drug-likeness (QED) is 0.265. The lowest BCUT2D eigenvalue weighted by Gasteiger charge is -2.03. The average Bonchev–Trinajstić information content (AvgIpc) is 2.78. The standard InChI is InChI=1S/C11H13N3O3S/c1-3-5-16-10(15)9(14-17-6-4-2)8-7-18-11(12)13-8/h3-4,7H,1-2,5-6H2,(H2,12,13). The number of carbonyl (C=O) groups is 1. The molecule has 0 bridgehead atoms. The van der Waals surface area contributed by atoms with E-state index in [9.17, 15) is 4.79 Å². The first-order valence-corrected chi connectivity index (χ1v) is 5.87. The second-order valence-electron chi connectivity index (χ2n) is 2.98. The van der Waals surface area contributed by atoms with Crippen LogP contribution in [0.5, 0.6) is 0 Å². The van der Waals surface area contributed by atoms with Crippen LogP contribution in [0.2, 0.25) is 0 Å². The van der Waals surface area contributed by atoms with Gasteiger partial charge in [-0.05, 0) is 0 Å². The Morgan fingerprint density at radius 2 is 2.22 bits per heavy atom. The Hall–Kier alpha value is -2.15. The number of carbonyl (C=O) groups excluding carboxylic acids is 1. The number of esters is 1. The zero-order valence-electron chi connectivity index (χ0n) is 9.67. The molecule has 0 amide bonds. The van der Waals surface area contributed by atoms with Crippen molar-refractivity contribution in [3.63, 3.8) is 0 Å². The summed E-state index contributed by atoms with van der Waals surface area (Å²) in [4.78, 5) is 20.6. The predicted molar refractivity (Wildman–Crippen MR) is 70.4 cm³/mol. The van der Waals surface area contributed by atoms with E-state index >= 15 is 0 Å². The van der Waals surface area contributed by atoms with Gasteiger partial charge in [0, 0.05) is 5.38 Å². The van der Waals surface area contributed by atoms with Crippen molar-refractivity contribution >= 4 is 28.1 Å². The smallest absolute Gasteiger partial charge is 0.363 e. The van der Waals surface area contributed by atoms with E-state index in [4.69, 9.17) is 15.3 Å². The molecule has 1 heterocycles. The third kappa shape index (κ3) is 4.02. The van der Waals surface area contributed by atoms with E-state index < -0.39 is 5.97 Å². The summed E-state index contributed by atoms with van der Waals surface area (Å²) in [6.07, 6.45) is 2.96. The van der Waals surface area contributed by atoms with Gasteiger partial charge in [0.2, 0.25) is 5.71 Å². The molecular formula is C11H13N3O3S. The highest BCUT2D eigenvalue weighted by Gasteiger charge is 2.19. The van der Waals surface area contributed by atoms with E-state index in [0.717, 1.165) is 0 Å². The lowest BCUT2D eigenvalue weighted by molar-refractivity contribution is -0.134. The van der Waals surface area contributed by atoms with Crippen LogP contribution in [0.3, 0.4) is 0 Å². The molecule has 0 spiro atoms. The molecule has 1 aromatic rings. The Balaban J connectivity index is 2.87. The van der Waals surface area contributed by atoms with Crippen LogP contribution in [-0.2, 0) is 14.4 Å². The molecule has 7 heteroatoms. The number of thiazole rings is 1. The number of anilines is 1. The van der Waals surface area contributed by atoms with E-state index in [1.54, 1.807) is 5.38 Å². The van der Waals surface area contributed by atoms with Gasteiger partial charge in [-0.1, -0.05) is 30.5 Å². The third-order valence-electron chi connectivity index (χ3n) is 1.64. The molecule has 0 atom stereocenters. The second-order valence-corrected chi connectivity index (χ2v) is 3.87. The van der Waals surface area contributed by atoms with Gasteiger partial charge in [0.1, 0.15) is 18.9 Å². The van der Waals surface area contributed by atoms with Crippen LogP contribution in [0, 0.1) is 0 Å². The zero-order chi connectivity index (χ0) is 13.4. The van der Waals surface area contributed by atoms with Gasteiger partial charge in [-0.3, -0.25) is 0 Å². The molecule has 0 aliphatic carbocycles. The van der Waals surface area contributed by atoms with Gasteiger partial charge in [0.15, 0.2) is 5.13 Å². The normalized spacial score (nSPS) is 10.8. The van der Waals surface area contributed by atoms with Gasteiger partial charge >= 0.3 is 5.97 Å². The first-order valence-electron chi connectivity index (χ1n) is 4.99. The van der Waals surface area contributed by atoms with E-state index in [1.807, 2.05) is 0 Å². The summed E-state index contributed by atoms with van der Waals surface area (Å²) < 4.78 is 4.88. The maximum absolute atomic E-state index is 11.7. The molecule has 96 valence electrons. The van der Waals surface area contributed by atoms with Crippen molar-refractivity contribution in [1.82, 2.24) is 4.98 Å². The Morgan fingerprint density at radius 3 is 2.78 bits per heavy atom. The summed E-state index contributed by atoms with van der Waals surface area (Å²) in [5.74, 6) is -0.649. The zero-order valence-corrected chi connectivity index (χ0v) is 10.5. The van der Waals surface area contributed by atoms with Gasteiger partial charge in [-0.15, -0.1) is 11.3 Å². The monoisotopic (exact) mass is 267 g/mol. The van der Waals surface area contributed by atoms with Crippen molar-refractivity contribution in [2.24, 2.45) is 5.16 Å². The number of hydrogen-bond donors (Lipinski definition) is 1. The van der Waals surface area contributed by atoms with Gasteiger partial charge < -0.3 is 15.3 Å². The molecule has 0 aliphatic heterocycles. The summed E-state index contributed by atoms with van der Waals surface area (Å²) in [6, 6.07) is 0. The van der Waals surface area contributed by atoms with E-state index in [2.05, 4.69) is 23.3 Å². The average molecular weight is 267 g/mol. The molecule has 6 nitrogen and oxygen atoms in total. The minimum Gasteiger partial charge on any atom is -0.457 e. The van der Waals surface area contributed by atoms with Gasteiger partial charge in [0.05, 0.1) is 0 Å². The van der Waals surface area contributed by atoms with Gasteiger partial charge in [-0.2, -0.15) is 0 Å². The van der Waals surface area contributed by atoms with Crippen LogP contribution in [0.15, 0.2) is 35.8 Å². The van der Waals surface area contributed by atoms with Crippen molar-refractivity contribution in [3.8, 4) is 0 Å². The lowest BCUT2D eigenvalue weighted by Crippen LogP contribution is -2.20. The van der Waals surface area contributed by atoms with E-state index in [0.29, 0.717) is 10.8 Å². The fourth-order valence-corrected chi connectivity index (χ4v) is 1.49. The largest absolute Gasteiger partial charge is 0.457 e. The van der Waals surface area contributed by atoms with Crippen LogP contribution >= 0.6 is 11.3 Å². The van der Waals surface area contributed by atoms with Crippen LogP contribution < -0.4 is 5.73 Å². The number of nitrogens with zero attached hydrogens (tertiary/aromatic N) is 2. The summed E-state index contributed by atoms with van der Waals surface area (Å²) >= 11 is 1.20. The van der Waals surface area contributed by atoms with Crippen LogP contribution in [0.4, 0.5) is 5.13 Å². The molecule has 0 saturated carbocycles. The van der Waals surface area contributed by atoms with Crippen LogP contribution in [0.1, 0.15) is 5.69 Å². The van der Waals surface area contributed by atoms with Crippen molar-refractivity contribution in [1.29, 1.82) is 0 Å². The molecule has 0 radical (unpaired) electrons. The fraction of sp³-hybridized carbons (Fsp3) is 0.182. The Bertz CT molecular complexity index is 468. The van der Waals surface area contributed by atoms with Crippen molar-refractivity contribution in [2.75, 3.05) is 18.9 Å². The molecule has 0 saturated heterocycles. The highest BCUT2D eigenvalue weighted by molar-refractivity contribution is 7.13. The Morgan fingerprint density at radius 1 is 1.50 bits per heavy atom. The number of aromatic nitrogens is 1. The summed E-state index contributed by atoms with van der Waals surface area (Å²) in [5.41, 5.74) is 5.78. The molecule has 0 aromatic carbocycles. The third-order valence-corrected chi connectivity index (χ3v) is 2.31. The van der Waals surface area contributed by atoms with Gasteiger partial charge in [0.25, 0.3) is 0 Å². The summed E-state index contributed by atoms with van der Waals surface area (Å²) in [5, 5.41) is 5.60. The Kier molecular flexibility index (Phi) is 5.59. The molecule has 1 rings (SSSR count). The number of nitrogens with two attached hydrogens (primary N) is 1. The number of oxime groups is 1. The molecular weight excluding hydrogens is 254 g/mol. The molecule has 1 aromatic heterocycles. The first-order chi connectivity index (χ1) is 8.69. The molecule has 2 N–H and O–H groups in total. The van der Waals surface area contributed by atoms with E-state index in [1.165, 1.54) is 23.5 Å². The van der Waals surface area contributed by atoms with Crippen molar-refractivity contribution < 1.29 is 14.4 Å². The number of rotatable bonds is 7. The van der Waals surface area contributed by atoms with Crippen LogP contribution in [-0.4, -0.2) is 29.9 Å². The molecule has 0 aliphatic rings. The molecule has 0 unspecified atom stereocenters. The first kappa shape index (κ1) is 13.9. The SMILES string of the molecule is C=CCON=C(C(=O)OCC=C)c1csc(N)n1. The predicted octanol–water partition coefficient (Wildman–Crippen LogP) is 1.36. The minimum atomic E-state index is -0.649. The summed E-state index contributed by atoms with van der Waals surface area (Å²) in [7, 11) is 0. The highest BCUT2D eigenvalue weighted by atomic mass is 32.1. The Labute approximate surface area is 108 Å². The van der Waals surface area contributed by atoms with Crippen molar-refractivity contribution in [2.45, 2.75) is 0 Å². The van der Waals surface area contributed by atoms with Gasteiger partial charge in [-0.25, -0.2) is 9.78 Å². The number of ether oxygens (including phenoxy) is 1. The van der Waals surface area contributed by atoms with Crippen molar-refractivity contribution in [3.05, 3.63) is 36.4 Å². The summed E-state index contributed by atoms with van der Waals surface area (Å²) in [6.45, 7) is 7.18. The lowest BCUT2D eigenvalue weighted by atomic mass is 10.3. The van der Waals surface area contributed by atoms with Crippen LogP contribution in [0.25, 0.3) is 0 Å². The minimum absolute atomic E-state index is 0.0355.